The van der Waals surface area contributed by atoms with Crippen LogP contribution in [0.5, 0.6) is 0 Å². The topological polar surface area (TPSA) is 67.2 Å². The summed E-state index contributed by atoms with van der Waals surface area (Å²) in [4.78, 5) is 31.8. The molecule has 166 valence electrons. The Morgan fingerprint density at radius 3 is 2.16 bits per heavy atom. The number of rotatable bonds is 5. The number of carbonyl (C=O) groups is 2. The normalized spacial score (nSPS) is 15.4. The first-order chi connectivity index (χ1) is 15.4. The van der Waals surface area contributed by atoms with Crippen molar-refractivity contribution in [1.29, 1.82) is 0 Å². The molecule has 2 heterocycles. The lowest BCUT2D eigenvalue weighted by atomic mass is 9.94. The molecule has 8 heteroatoms. The molecule has 0 radical (unpaired) electrons. The maximum atomic E-state index is 13.4. The van der Waals surface area contributed by atoms with Gasteiger partial charge in [0.25, 0.3) is 5.91 Å². The van der Waals surface area contributed by atoms with Gasteiger partial charge in [0.1, 0.15) is 23.5 Å². The van der Waals surface area contributed by atoms with Crippen LogP contribution in [-0.2, 0) is 11.8 Å². The minimum Gasteiger partial charge on any atom is -0.342 e. The summed E-state index contributed by atoms with van der Waals surface area (Å²) < 4.78 is 28.3. The largest absolute Gasteiger partial charge is 0.342 e. The lowest BCUT2D eigenvalue weighted by Gasteiger charge is -2.32. The molecule has 32 heavy (non-hydrogen) atoms. The molecule has 3 aromatic rings. The summed E-state index contributed by atoms with van der Waals surface area (Å²) >= 11 is 0. The maximum absolute atomic E-state index is 13.4. The Morgan fingerprint density at radius 1 is 1.00 bits per heavy atom. The fourth-order valence-electron chi connectivity index (χ4n) is 3.99. The quantitative estimate of drug-likeness (QED) is 0.664. The van der Waals surface area contributed by atoms with Gasteiger partial charge in [-0.1, -0.05) is 12.1 Å². The second kappa shape index (κ2) is 9.30. The van der Waals surface area contributed by atoms with Gasteiger partial charge in [0.05, 0.1) is 0 Å². The fraction of sp³-hybridized carbons (Fsp3) is 0.292. The summed E-state index contributed by atoms with van der Waals surface area (Å²) in [6.45, 7) is 0.885. The Kier molecular flexibility index (Phi) is 6.30. The molecule has 1 atom stereocenters. The summed E-state index contributed by atoms with van der Waals surface area (Å²) in [5.41, 5.74) is 1.17. The summed E-state index contributed by atoms with van der Waals surface area (Å²) in [6.07, 6.45) is 4.49. The third-order valence-corrected chi connectivity index (χ3v) is 5.85. The highest BCUT2D eigenvalue weighted by Crippen LogP contribution is 2.24. The Labute approximate surface area is 184 Å². The number of carbonyl (C=O) groups excluding carboxylic acids is 2. The molecular formula is C24H24F2N4O2. The molecule has 1 aromatic heterocycles. The van der Waals surface area contributed by atoms with E-state index in [0.29, 0.717) is 37.3 Å². The van der Waals surface area contributed by atoms with E-state index in [2.05, 4.69) is 10.3 Å². The van der Waals surface area contributed by atoms with Crippen molar-refractivity contribution in [1.82, 2.24) is 19.8 Å². The molecule has 6 nitrogen and oxygen atoms in total. The first-order valence-electron chi connectivity index (χ1n) is 10.5. The number of nitrogens with zero attached hydrogens (tertiary/aromatic N) is 3. The van der Waals surface area contributed by atoms with Gasteiger partial charge in [-0.2, -0.15) is 0 Å². The van der Waals surface area contributed by atoms with Crippen molar-refractivity contribution in [3.05, 3.63) is 89.5 Å². The molecule has 0 spiro atoms. The summed E-state index contributed by atoms with van der Waals surface area (Å²) in [5, 5.41) is 3.06. The molecule has 2 amide bonds. The predicted molar refractivity (Wildman–Crippen MR) is 115 cm³/mol. The smallest absolute Gasteiger partial charge is 0.253 e. The van der Waals surface area contributed by atoms with Crippen molar-refractivity contribution in [2.24, 2.45) is 13.0 Å². The molecule has 1 fully saturated rings. The van der Waals surface area contributed by atoms with Gasteiger partial charge >= 0.3 is 0 Å². The van der Waals surface area contributed by atoms with Crippen LogP contribution in [0.4, 0.5) is 8.78 Å². The van der Waals surface area contributed by atoms with E-state index in [4.69, 9.17) is 0 Å². The van der Waals surface area contributed by atoms with Gasteiger partial charge in [-0.05, 0) is 54.8 Å². The van der Waals surface area contributed by atoms with Crippen molar-refractivity contribution in [2.75, 3.05) is 13.1 Å². The van der Waals surface area contributed by atoms with E-state index in [1.54, 1.807) is 29.4 Å². The highest BCUT2D eigenvalue weighted by Gasteiger charge is 2.30. The number of imidazole rings is 1. The number of piperidine rings is 1. The Balaban J connectivity index is 1.42. The van der Waals surface area contributed by atoms with Crippen molar-refractivity contribution >= 4 is 11.8 Å². The average Bonchev–Trinajstić information content (AvgIpc) is 3.23. The number of likely N-dealkylation sites (tertiary alicyclic amines) is 1. The molecule has 1 aliphatic heterocycles. The molecule has 0 unspecified atom stereocenters. The van der Waals surface area contributed by atoms with Gasteiger partial charge in [-0.25, -0.2) is 13.8 Å². The van der Waals surface area contributed by atoms with Crippen LogP contribution in [0.15, 0.2) is 60.9 Å². The fourth-order valence-corrected chi connectivity index (χ4v) is 3.99. The van der Waals surface area contributed by atoms with Crippen LogP contribution in [0.3, 0.4) is 0 Å². The average molecular weight is 438 g/mol. The molecule has 2 aromatic carbocycles. The number of nitrogens with one attached hydrogen (secondary N) is 1. The van der Waals surface area contributed by atoms with E-state index in [0.717, 1.165) is 5.56 Å². The molecule has 0 aliphatic carbocycles. The predicted octanol–water partition coefficient (Wildman–Crippen LogP) is 3.46. The van der Waals surface area contributed by atoms with Gasteiger partial charge in [0, 0.05) is 44.0 Å². The summed E-state index contributed by atoms with van der Waals surface area (Å²) in [7, 11) is 1.84. The van der Waals surface area contributed by atoms with E-state index < -0.39 is 6.04 Å². The van der Waals surface area contributed by atoms with E-state index >= 15 is 0 Å². The lowest BCUT2D eigenvalue weighted by Crippen LogP contribution is -2.44. The van der Waals surface area contributed by atoms with E-state index in [9.17, 15) is 18.4 Å². The van der Waals surface area contributed by atoms with Gasteiger partial charge in [0.15, 0.2) is 0 Å². The molecular weight excluding hydrogens is 414 g/mol. The van der Waals surface area contributed by atoms with Crippen LogP contribution in [0.1, 0.15) is 40.6 Å². The first kappa shape index (κ1) is 21.7. The maximum Gasteiger partial charge on any atom is 0.253 e. The third-order valence-electron chi connectivity index (χ3n) is 5.85. The van der Waals surface area contributed by atoms with Crippen molar-refractivity contribution < 1.29 is 18.4 Å². The van der Waals surface area contributed by atoms with Gasteiger partial charge in [-0.15, -0.1) is 0 Å². The van der Waals surface area contributed by atoms with Crippen molar-refractivity contribution in [2.45, 2.75) is 18.9 Å². The lowest BCUT2D eigenvalue weighted by molar-refractivity contribution is -0.126. The highest BCUT2D eigenvalue weighted by atomic mass is 19.1. The van der Waals surface area contributed by atoms with Crippen LogP contribution >= 0.6 is 0 Å². The summed E-state index contributed by atoms with van der Waals surface area (Å²) in [6, 6.07) is 10.9. The minimum atomic E-state index is -0.512. The van der Waals surface area contributed by atoms with Crippen LogP contribution in [-0.4, -0.2) is 39.4 Å². The zero-order valence-electron chi connectivity index (χ0n) is 17.7. The Morgan fingerprint density at radius 2 is 1.59 bits per heavy atom. The number of hydrogen-bond acceptors (Lipinski definition) is 3. The van der Waals surface area contributed by atoms with Crippen LogP contribution < -0.4 is 5.32 Å². The highest BCUT2D eigenvalue weighted by molar-refractivity contribution is 5.94. The van der Waals surface area contributed by atoms with Crippen LogP contribution in [0.2, 0.25) is 0 Å². The second-order valence-electron chi connectivity index (χ2n) is 7.96. The van der Waals surface area contributed by atoms with E-state index in [1.807, 2.05) is 11.6 Å². The molecule has 1 saturated heterocycles. The standard InChI is InChI=1S/C24H24F2N4O2/c1-29-15-12-27-22(29)21(16-2-6-19(25)7-3-16)28-23(31)17-10-13-30(14-11-17)24(32)18-4-8-20(26)9-5-18/h2-9,12,15,17,21H,10-11,13-14H2,1H3,(H,28,31)/t21-/m0/s1. The molecule has 0 bridgehead atoms. The summed E-state index contributed by atoms with van der Waals surface area (Å²) in [5.74, 6) is -0.640. The minimum absolute atomic E-state index is 0.129. The zero-order chi connectivity index (χ0) is 22.7. The Hall–Kier alpha value is -3.55. The molecule has 1 aliphatic rings. The molecule has 4 rings (SSSR count). The number of aromatic nitrogens is 2. The van der Waals surface area contributed by atoms with Gasteiger partial charge in [-0.3, -0.25) is 9.59 Å². The number of halogens is 2. The van der Waals surface area contributed by atoms with Crippen LogP contribution in [0, 0.1) is 17.6 Å². The number of amides is 2. The second-order valence-corrected chi connectivity index (χ2v) is 7.96. The van der Waals surface area contributed by atoms with Gasteiger partial charge in [0.2, 0.25) is 5.91 Å². The van der Waals surface area contributed by atoms with E-state index in [-0.39, 0.29) is 29.4 Å². The van der Waals surface area contributed by atoms with E-state index in [1.165, 1.54) is 36.4 Å². The molecule has 1 N–H and O–H groups in total. The Bertz CT molecular complexity index is 1090. The monoisotopic (exact) mass is 438 g/mol. The first-order valence-corrected chi connectivity index (χ1v) is 10.5. The SMILES string of the molecule is Cn1ccnc1[C@@H](NC(=O)C1CCN(C(=O)c2ccc(F)cc2)CC1)c1ccc(F)cc1. The number of hydrogen-bond donors (Lipinski definition) is 1. The molecule has 0 saturated carbocycles. The zero-order valence-corrected chi connectivity index (χ0v) is 17.7. The van der Waals surface area contributed by atoms with Crippen molar-refractivity contribution in [3.63, 3.8) is 0 Å². The number of aryl methyl sites for hydroxylation is 1. The number of benzene rings is 2. The van der Waals surface area contributed by atoms with Gasteiger partial charge < -0.3 is 14.8 Å². The van der Waals surface area contributed by atoms with Crippen LogP contribution in [0.25, 0.3) is 0 Å². The third kappa shape index (κ3) is 4.69. The van der Waals surface area contributed by atoms with Crippen molar-refractivity contribution in [3.8, 4) is 0 Å².